The third-order valence-corrected chi connectivity index (χ3v) is 10.6. The Morgan fingerprint density at radius 2 is 1.23 bits per heavy atom. The Morgan fingerprint density at radius 3 is 1.95 bits per heavy atom. The lowest BCUT2D eigenvalue weighted by Crippen LogP contribution is -2.34. The molecular weight excluding hydrogens is 739 g/mol. The smallest absolute Gasteiger partial charge is 0.186 e. The highest BCUT2D eigenvalue weighted by molar-refractivity contribution is 5.92. The van der Waals surface area contributed by atoms with E-state index in [4.69, 9.17) is 4.74 Å². The molecule has 1 aliphatic carbocycles. The summed E-state index contributed by atoms with van der Waals surface area (Å²) < 4.78 is 7.43. The number of para-hydroxylation sites is 3. The van der Waals surface area contributed by atoms with Gasteiger partial charge in [0.25, 0.3) is 0 Å². The fourth-order valence-electron chi connectivity index (χ4n) is 8.09. The van der Waals surface area contributed by atoms with Crippen molar-refractivity contribution in [3.8, 4) is 16.9 Å². The molecule has 1 aliphatic heterocycles. The van der Waals surface area contributed by atoms with E-state index in [2.05, 4.69) is 214 Å². The lowest BCUT2D eigenvalue weighted by Gasteiger charge is -2.35. The van der Waals surface area contributed by atoms with Crippen LogP contribution < -0.4 is 9.64 Å². The van der Waals surface area contributed by atoms with E-state index in [0.29, 0.717) is 0 Å². The summed E-state index contributed by atoms with van der Waals surface area (Å²) in [6.07, 6.45) is 13.1. The van der Waals surface area contributed by atoms with Crippen molar-refractivity contribution in [2.75, 3.05) is 4.90 Å². The highest BCUT2D eigenvalue weighted by Crippen LogP contribution is 2.58. The summed E-state index contributed by atoms with van der Waals surface area (Å²) in [5.74, 6) is 0.828. The molecule has 0 aromatic heterocycles. The lowest BCUT2D eigenvalue weighted by atomic mass is 9.79. The molecule has 0 saturated carbocycles. The van der Waals surface area contributed by atoms with Gasteiger partial charge < -0.3 is 9.64 Å². The second kappa shape index (κ2) is 20.7. The molecule has 1 heterocycles. The van der Waals surface area contributed by atoms with Crippen LogP contribution in [0.2, 0.25) is 0 Å². The first-order valence-electron chi connectivity index (χ1n) is 21.3. The van der Waals surface area contributed by atoms with E-state index >= 15 is 0 Å². The van der Waals surface area contributed by atoms with Gasteiger partial charge in [-0.05, 0) is 95.6 Å². The average molecular weight is 796 g/mol. The minimum absolute atomic E-state index is 0.828. The standard InChI is InChI=1S/C44H33NO.C10H12.C3H6.C2H6/c1-4-5-17-32-18-9-13-25-41(32)45(33-19-7-6-8-20-33)34-27-28-35-31(3)36-21-11-14-26-42(36)46-44(40(35)29-34)38-23-12-10-22-37(38)43-30(2)16-15-24-39(43)44;1-2-3-7-10-8-5-4-6-9-10;1-3-2;1-2/h4-29H,1,3H2,2H3;3-9H,2H2,1H3;3H,1H2,2H3;1-2H3/b17-5-;7-3-;;. The Kier molecular flexibility index (Phi) is 14.7. The normalized spacial score (nSPS) is 14.0. The van der Waals surface area contributed by atoms with Gasteiger partial charge in [-0.1, -0.05) is 204 Å². The molecule has 7 aromatic carbocycles. The van der Waals surface area contributed by atoms with E-state index in [1.807, 2.05) is 45.1 Å². The second-order valence-electron chi connectivity index (χ2n) is 14.5. The number of aryl methyl sites for hydroxylation is 1. The van der Waals surface area contributed by atoms with Crippen LogP contribution in [0.3, 0.4) is 0 Å². The highest BCUT2D eigenvalue weighted by Gasteiger charge is 2.50. The molecule has 2 nitrogen and oxygen atoms in total. The van der Waals surface area contributed by atoms with Crippen molar-refractivity contribution in [3.05, 3.63) is 258 Å². The van der Waals surface area contributed by atoms with Crippen LogP contribution in [0.4, 0.5) is 17.1 Å². The summed E-state index contributed by atoms with van der Waals surface area (Å²) >= 11 is 0. The van der Waals surface area contributed by atoms with Crippen LogP contribution in [-0.4, -0.2) is 0 Å². The van der Waals surface area contributed by atoms with Crippen LogP contribution in [0.15, 0.2) is 214 Å². The third-order valence-electron chi connectivity index (χ3n) is 10.6. The molecule has 9 rings (SSSR count). The Morgan fingerprint density at radius 1 is 0.607 bits per heavy atom. The van der Waals surface area contributed by atoms with Gasteiger partial charge in [-0.2, -0.15) is 0 Å². The zero-order valence-corrected chi connectivity index (χ0v) is 36.3. The lowest BCUT2D eigenvalue weighted by molar-refractivity contribution is 0.161. The SMILES string of the molecule is C=C/C=C\c1ccccc1N(c1ccccc1)c1ccc2c(c1)C1(Oc3ccccc3C2=C)c2ccccc2-c2c(C)cccc21.C=CC.CC.CC/C=C\c1ccccc1. The van der Waals surface area contributed by atoms with Crippen molar-refractivity contribution in [1.82, 2.24) is 0 Å². The number of rotatable bonds is 7. The van der Waals surface area contributed by atoms with Crippen molar-refractivity contribution in [2.24, 2.45) is 0 Å². The largest absolute Gasteiger partial charge is 0.472 e. The molecule has 2 aliphatic rings. The zero-order chi connectivity index (χ0) is 43.2. The van der Waals surface area contributed by atoms with Crippen molar-refractivity contribution in [2.45, 2.75) is 46.6 Å². The van der Waals surface area contributed by atoms with Gasteiger partial charge in [0.1, 0.15) is 5.75 Å². The number of fused-ring (bicyclic) bond motifs is 8. The van der Waals surface area contributed by atoms with Gasteiger partial charge in [0.2, 0.25) is 0 Å². The van der Waals surface area contributed by atoms with Crippen molar-refractivity contribution in [3.63, 3.8) is 0 Å². The van der Waals surface area contributed by atoms with Gasteiger partial charge in [0, 0.05) is 33.6 Å². The van der Waals surface area contributed by atoms with E-state index < -0.39 is 5.60 Å². The number of anilines is 3. The maximum absolute atomic E-state index is 7.43. The molecule has 1 unspecified atom stereocenters. The monoisotopic (exact) mass is 795 g/mol. The molecule has 304 valence electrons. The number of allylic oxidation sites excluding steroid dienone is 4. The van der Waals surface area contributed by atoms with E-state index in [-0.39, 0.29) is 0 Å². The molecule has 0 N–H and O–H groups in total. The number of benzene rings is 7. The molecule has 0 saturated heterocycles. The van der Waals surface area contributed by atoms with Crippen molar-refractivity contribution in [1.29, 1.82) is 0 Å². The zero-order valence-electron chi connectivity index (χ0n) is 36.3. The molecule has 7 aromatic rings. The molecule has 0 fully saturated rings. The molecule has 61 heavy (non-hydrogen) atoms. The first-order chi connectivity index (χ1) is 30.0. The summed E-state index contributed by atoms with van der Waals surface area (Å²) in [7, 11) is 0. The van der Waals surface area contributed by atoms with E-state index in [0.717, 1.165) is 68.2 Å². The molecule has 0 amide bonds. The molecule has 0 bridgehead atoms. The molecule has 0 radical (unpaired) electrons. The summed E-state index contributed by atoms with van der Waals surface area (Å²) in [4.78, 5) is 2.33. The van der Waals surface area contributed by atoms with Gasteiger partial charge >= 0.3 is 0 Å². The van der Waals surface area contributed by atoms with Crippen molar-refractivity contribution < 1.29 is 4.74 Å². The van der Waals surface area contributed by atoms with Crippen LogP contribution in [0.5, 0.6) is 5.75 Å². The molecule has 2 heteroatoms. The number of ether oxygens (including phenoxy) is 1. The van der Waals surface area contributed by atoms with E-state index in [1.54, 1.807) is 6.08 Å². The van der Waals surface area contributed by atoms with Gasteiger partial charge in [0.05, 0.1) is 5.69 Å². The Hall–Kier alpha value is -7.16. The van der Waals surface area contributed by atoms with E-state index in [1.165, 1.54) is 22.3 Å². The van der Waals surface area contributed by atoms with Gasteiger partial charge in [-0.25, -0.2) is 0 Å². The van der Waals surface area contributed by atoms with Gasteiger partial charge in [0.15, 0.2) is 5.60 Å². The summed E-state index contributed by atoms with van der Waals surface area (Å²) in [5.41, 5.74) is 14.7. The summed E-state index contributed by atoms with van der Waals surface area (Å²) in [5, 5.41) is 0. The summed E-state index contributed by atoms with van der Waals surface area (Å²) in [6, 6.07) is 59.7. The predicted octanol–water partition coefficient (Wildman–Crippen LogP) is 16.7. The maximum atomic E-state index is 7.43. The second-order valence-corrected chi connectivity index (χ2v) is 14.5. The Balaban J connectivity index is 0.000000356. The van der Waals surface area contributed by atoms with Crippen LogP contribution in [0.25, 0.3) is 28.9 Å². The number of hydrogen-bond donors (Lipinski definition) is 0. The summed E-state index contributed by atoms with van der Waals surface area (Å²) in [6.45, 7) is 22.2. The highest BCUT2D eigenvalue weighted by atomic mass is 16.5. The molecule has 1 spiro atoms. The fourth-order valence-corrected chi connectivity index (χ4v) is 8.09. The quantitative estimate of drug-likeness (QED) is 0.118. The Labute approximate surface area is 364 Å². The van der Waals surface area contributed by atoms with Crippen LogP contribution >= 0.6 is 0 Å². The molecular formula is C59H57NO. The number of nitrogens with zero attached hydrogens (tertiary/aromatic N) is 1. The minimum atomic E-state index is -0.885. The first-order valence-corrected chi connectivity index (χ1v) is 21.3. The van der Waals surface area contributed by atoms with E-state index in [9.17, 15) is 0 Å². The van der Waals surface area contributed by atoms with Crippen LogP contribution in [-0.2, 0) is 5.60 Å². The van der Waals surface area contributed by atoms with Crippen LogP contribution in [0.1, 0.15) is 78.6 Å². The first kappa shape index (κ1) is 43.4. The fraction of sp³-hybridized carbons (Fsp3) is 0.119. The van der Waals surface area contributed by atoms with Crippen molar-refractivity contribution >= 4 is 34.8 Å². The minimum Gasteiger partial charge on any atom is -0.472 e. The Bertz CT molecular complexity index is 2650. The maximum Gasteiger partial charge on any atom is 0.186 e. The average Bonchev–Trinajstić information content (AvgIpc) is 3.54. The van der Waals surface area contributed by atoms with Gasteiger partial charge in [-0.3, -0.25) is 0 Å². The topological polar surface area (TPSA) is 12.5 Å². The van der Waals surface area contributed by atoms with Gasteiger partial charge in [-0.15, -0.1) is 6.58 Å². The molecule has 1 atom stereocenters. The third kappa shape index (κ3) is 8.91. The van der Waals surface area contributed by atoms with Crippen LogP contribution in [0, 0.1) is 6.92 Å². The number of hydrogen-bond acceptors (Lipinski definition) is 2. The predicted molar refractivity (Wildman–Crippen MR) is 265 cm³/mol.